The fourth-order valence-corrected chi connectivity index (χ4v) is 2.89. The Hall–Kier alpha value is -1.09. The number of pyridine rings is 1. The summed E-state index contributed by atoms with van der Waals surface area (Å²) in [5.74, 6) is 2.59. The number of ether oxygens (including phenoxy) is 1. The first-order valence-corrected chi connectivity index (χ1v) is 7.33. The van der Waals surface area contributed by atoms with Crippen LogP contribution in [0.3, 0.4) is 0 Å². The number of hydrogen-bond donors (Lipinski definition) is 1. The molecule has 3 heteroatoms. The van der Waals surface area contributed by atoms with E-state index >= 15 is 0 Å². The van der Waals surface area contributed by atoms with E-state index in [1.807, 2.05) is 19.1 Å². The molecule has 3 unspecified atom stereocenters. The molecular weight excluding hydrogens is 236 g/mol. The van der Waals surface area contributed by atoms with E-state index in [1.54, 1.807) is 7.11 Å². The van der Waals surface area contributed by atoms with Gasteiger partial charge in [0.1, 0.15) is 5.75 Å². The molecular formula is C16H26N2O. The zero-order valence-corrected chi connectivity index (χ0v) is 12.6. The minimum Gasteiger partial charge on any atom is -0.497 e. The van der Waals surface area contributed by atoms with Crippen molar-refractivity contribution in [3.05, 3.63) is 23.5 Å². The summed E-state index contributed by atoms with van der Waals surface area (Å²) in [5.41, 5.74) is 2.09. The Morgan fingerprint density at radius 3 is 2.74 bits per heavy atom. The van der Waals surface area contributed by atoms with Gasteiger partial charge in [0.15, 0.2) is 0 Å². The molecule has 1 fully saturated rings. The van der Waals surface area contributed by atoms with Gasteiger partial charge in [0.25, 0.3) is 0 Å². The predicted molar refractivity (Wildman–Crippen MR) is 78.3 cm³/mol. The number of nitrogens with one attached hydrogen (secondary N) is 1. The van der Waals surface area contributed by atoms with E-state index in [1.165, 1.54) is 19.3 Å². The van der Waals surface area contributed by atoms with Crippen molar-refractivity contribution >= 4 is 0 Å². The van der Waals surface area contributed by atoms with Crippen LogP contribution in [0.2, 0.25) is 0 Å². The van der Waals surface area contributed by atoms with Crippen LogP contribution in [0.15, 0.2) is 12.1 Å². The van der Waals surface area contributed by atoms with Crippen molar-refractivity contribution in [2.24, 2.45) is 11.8 Å². The Labute approximate surface area is 116 Å². The van der Waals surface area contributed by atoms with Crippen LogP contribution < -0.4 is 10.1 Å². The highest BCUT2D eigenvalue weighted by Gasteiger charge is 2.24. The van der Waals surface area contributed by atoms with Gasteiger partial charge >= 0.3 is 0 Å². The van der Waals surface area contributed by atoms with E-state index in [4.69, 9.17) is 4.74 Å². The summed E-state index contributed by atoms with van der Waals surface area (Å²) in [6.07, 6.45) is 3.90. The van der Waals surface area contributed by atoms with Crippen molar-refractivity contribution in [3.8, 4) is 5.75 Å². The molecule has 1 aliphatic carbocycles. The van der Waals surface area contributed by atoms with Crippen molar-refractivity contribution in [3.63, 3.8) is 0 Å². The van der Waals surface area contributed by atoms with Crippen molar-refractivity contribution in [1.29, 1.82) is 0 Å². The lowest BCUT2D eigenvalue weighted by Gasteiger charge is -2.32. The van der Waals surface area contributed by atoms with Crippen molar-refractivity contribution < 1.29 is 4.74 Å². The summed E-state index contributed by atoms with van der Waals surface area (Å²) in [6, 6.07) is 4.63. The molecule has 0 aromatic carbocycles. The van der Waals surface area contributed by atoms with Crippen LogP contribution in [0, 0.1) is 18.8 Å². The lowest BCUT2D eigenvalue weighted by atomic mass is 9.79. The monoisotopic (exact) mass is 262 g/mol. The van der Waals surface area contributed by atoms with E-state index < -0.39 is 0 Å². The maximum absolute atomic E-state index is 5.29. The van der Waals surface area contributed by atoms with Crippen LogP contribution in [-0.4, -0.2) is 18.1 Å². The summed E-state index contributed by atoms with van der Waals surface area (Å²) < 4.78 is 5.29. The van der Waals surface area contributed by atoms with Gasteiger partial charge in [-0.1, -0.05) is 13.8 Å². The number of methoxy groups -OCH3 is 1. The molecule has 1 aromatic heterocycles. The SMILES string of the molecule is COc1cc(C)nc(CNC2CCC(C)C(C)C2)c1. The fourth-order valence-electron chi connectivity index (χ4n) is 2.89. The number of rotatable bonds is 4. The third-order valence-electron chi connectivity index (χ3n) is 4.39. The van der Waals surface area contributed by atoms with Crippen LogP contribution >= 0.6 is 0 Å². The van der Waals surface area contributed by atoms with Gasteiger partial charge in [0, 0.05) is 30.4 Å². The zero-order valence-electron chi connectivity index (χ0n) is 12.6. The molecule has 0 saturated heterocycles. The van der Waals surface area contributed by atoms with E-state index in [0.29, 0.717) is 6.04 Å². The van der Waals surface area contributed by atoms with Gasteiger partial charge in [-0.15, -0.1) is 0 Å². The van der Waals surface area contributed by atoms with Crippen molar-refractivity contribution in [2.45, 2.75) is 52.6 Å². The summed E-state index contributed by atoms with van der Waals surface area (Å²) in [4.78, 5) is 4.56. The molecule has 3 nitrogen and oxygen atoms in total. The molecule has 2 rings (SSSR count). The molecule has 19 heavy (non-hydrogen) atoms. The van der Waals surface area contributed by atoms with Crippen LogP contribution in [0.1, 0.15) is 44.5 Å². The lowest BCUT2D eigenvalue weighted by Crippen LogP contribution is -2.36. The first-order valence-electron chi connectivity index (χ1n) is 7.33. The Balaban J connectivity index is 1.90. The Bertz CT molecular complexity index is 419. The maximum atomic E-state index is 5.29. The molecule has 106 valence electrons. The van der Waals surface area contributed by atoms with Crippen molar-refractivity contribution in [1.82, 2.24) is 10.3 Å². The average Bonchev–Trinajstić information content (AvgIpc) is 2.39. The minimum atomic E-state index is 0.638. The largest absolute Gasteiger partial charge is 0.497 e. The first kappa shape index (κ1) is 14.3. The second-order valence-electron chi connectivity index (χ2n) is 5.99. The molecule has 1 heterocycles. The highest BCUT2D eigenvalue weighted by Crippen LogP contribution is 2.29. The van der Waals surface area contributed by atoms with Crippen LogP contribution in [0.5, 0.6) is 5.75 Å². The standard InChI is InChI=1S/C16H26N2O/c1-11-5-6-14(7-12(11)2)17-10-15-9-16(19-4)8-13(3)18-15/h8-9,11-12,14,17H,5-7,10H2,1-4H3. The Kier molecular flexibility index (Phi) is 4.81. The molecule has 1 N–H and O–H groups in total. The second-order valence-corrected chi connectivity index (χ2v) is 5.99. The Morgan fingerprint density at radius 2 is 2.05 bits per heavy atom. The van der Waals surface area contributed by atoms with Gasteiger partial charge in [-0.25, -0.2) is 0 Å². The summed E-state index contributed by atoms with van der Waals surface area (Å²) in [6.45, 7) is 7.58. The number of aromatic nitrogens is 1. The van der Waals surface area contributed by atoms with Gasteiger partial charge in [0.2, 0.25) is 0 Å². The van der Waals surface area contributed by atoms with E-state index in [2.05, 4.69) is 24.1 Å². The van der Waals surface area contributed by atoms with Gasteiger partial charge in [0.05, 0.1) is 12.8 Å². The predicted octanol–water partition coefficient (Wildman–Crippen LogP) is 3.31. The normalized spacial score (nSPS) is 27.3. The lowest BCUT2D eigenvalue weighted by molar-refractivity contribution is 0.225. The van der Waals surface area contributed by atoms with Crippen LogP contribution in [-0.2, 0) is 6.54 Å². The van der Waals surface area contributed by atoms with Gasteiger partial charge < -0.3 is 10.1 Å². The quantitative estimate of drug-likeness (QED) is 0.904. The third-order valence-corrected chi connectivity index (χ3v) is 4.39. The molecule has 3 atom stereocenters. The molecule has 0 radical (unpaired) electrons. The van der Waals surface area contributed by atoms with Crippen LogP contribution in [0.25, 0.3) is 0 Å². The highest BCUT2D eigenvalue weighted by atomic mass is 16.5. The van der Waals surface area contributed by atoms with Crippen LogP contribution in [0.4, 0.5) is 0 Å². The molecule has 1 aliphatic rings. The van der Waals surface area contributed by atoms with E-state index in [0.717, 1.165) is 35.5 Å². The first-order chi connectivity index (χ1) is 9.08. The summed E-state index contributed by atoms with van der Waals surface area (Å²) >= 11 is 0. The number of hydrogen-bond acceptors (Lipinski definition) is 3. The smallest absolute Gasteiger partial charge is 0.122 e. The third kappa shape index (κ3) is 3.93. The van der Waals surface area contributed by atoms with E-state index in [-0.39, 0.29) is 0 Å². The molecule has 0 spiro atoms. The van der Waals surface area contributed by atoms with E-state index in [9.17, 15) is 0 Å². The van der Waals surface area contributed by atoms with Gasteiger partial charge in [-0.05, 0) is 38.0 Å². The van der Waals surface area contributed by atoms with Gasteiger partial charge in [-0.3, -0.25) is 4.98 Å². The minimum absolute atomic E-state index is 0.638. The highest BCUT2D eigenvalue weighted by molar-refractivity contribution is 5.26. The maximum Gasteiger partial charge on any atom is 0.122 e. The van der Waals surface area contributed by atoms with Crippen molar-refractivity contribution in [2.75, 3.05) is 7.11 Å². The molecule has 0 bridgehead atoms. The number of nitrogens with zero attached hydrogens (tertiary/aromatic N) is 1. The summed E-state index contributed by atoms with van der Waals surface area (Å²) in [7, 11) is 1.70. The molecule has 0 amide bonds. The average molecular weight is 262 g/mol. The summed E-state index contributed by atoms with van der Waals surface area (Å²) in [5, 5.41) is 3.65. The fraction of sp³-hybridized carbons (Fsp3) is 0.688. The Morgan fingerprint density at radius 1 is 1.26 bits per heavy atom. The number of aryl methyl sites for hydroxylation is 1. The molecule has 1 aromatic rings. The van der Waals surface area contributed by atoms with Gasteiger partial charge in [-0.2, -0.15) is 0 Å². The zero-order chi connectivity index (χ0) is 13.8. The molecule has 1 saturated carbocycles. The molecule has 0 aliphatic heterocycles. The topological polar surface area (TPSA) is 34.1 Å². The second kappa shape index (κ2) is 6.38.